The Hall–Kier alpha value is -1.32. The maximum absolute atomic E-state index is 11.1. The van der Waals surface area contributed by atoms with Gasteiger partial charge < -0.3 is 9.84 Å². The van der Waals surface area contributed by atoms with Gasteiger partial charge in [-0.3, -0.25) is 0 Å². The highest BCUT2D eigenvalue weighted by Gasteiger charge is 2.30. The monoisotopic (exact) mass is 252 g/mol. The molecule has 1 aliphatic rings. The minimum atomic E-state index is -0.909. The van der Waals surface area contributed by atoms with Crippen LogP contribution in [0, 0.1) is 0 Å². The summed E-state index contributed by atoms with van der Waals surface area (Å²) >= 11 is 6.17. The van der Waals surface area contributed by atoms with E-state index < -0.39 is 23.6 Å². The SMILES string of the molecule is O=C1C=CC[C@H]([C@H](O)[C@H](Cl)c2ccccc2)O1. The van der Waals surface area contributed by atoms with Crippen LogP contribution in [-0.2, 0) is 9.53 Å². The second-order valence-corrected chi connectivity index (χ2v) is 4.39. The Bertz CT molecular complexity index is 416. The van der Waals surface area contributed by atoms with Crippen LogP contribution in [0.15, 0.2) is 42.5 Å². The van der Waals surface area contributed by atoms with Gasteiger partial charge in [-0.1, -0.05) is 36.4 Å². The summed E-state index contributed by atoms with van der Waals surface area (Å²) in [6.07, 6.45) is 2.05. The predicted octanol–water partition coefficient (Wildman–Crippen LogP) is 2.20. The summed E-state index contributed by atoms with van der Waals surface area (Å²) in [7, 11) is 0. The van der Waals surface area contributed by atoms with Crippen molar-refractivity contribution in [2.45, 2.75) is 24.0 Å². The van der Waals surface area contributed by atoms with Crippen molar-refractivity contribution >= 4 is 17.6 Å². The minimum Gasteiger partial charge on any atom is -0.456 e. The number of esters is 1. The Kier molecular flexibility index (Phi) is 3.82. The number of rotatable bonds is 3. The number of hydrogen-bond donors (Lipinski definition) is 1. The molecule has 0 fully saturated rings. The van der Waals surface area contributed by atoms with Crippen LogP contribution in [0.4, 0.5) is 0 Å². The highest BCUT2D eigenvalue weighted by atomic mass is 35.5. The lowest BCUT2D eigenvalue weighted by atomic mass is 10.00. The third-order valence-electron chi connectivity index (χ3n) is 2.69. The maximum Gasteiger partial charge on any atom is 0.330 e. The van der Waals surface area contributed by atoms with Gasteiger partial charge in [-0.05, 0) is 5.56 Å². The van der Waals surface area contributed by atoms with Crippen molar-refractivity contribution in [3.05, 3.63) is 48.0 Å². The molecule has 2 rings (SSSR count). The zero-order valence-corrected chi connectivity index (χ0v) is 9.88. The van der Waals surface area contributed by atoms with Crippen molar-refractivity contribution in [3.63, 3.8) is 0 Å². The molecule has 3 nitrogen and oxygen atoms in total. The van der Waals surface area contributed by atoms with Gasteiger partial charge in [0.2, 0.25) is 0 Å². The van der Waals surface area contributed by atoms with Crippen LogP contribution in [0.25, 0.3) is 0 Å². The first-order chi connectivity index (χ1) is 8.18. The number of aliphatic hydroxyl groups excluding tert-OH is 1. The number of alkyl halides is 1. The van der Waals surface area contributed by atoms with Crippen LogP contribution in [0.5, 0.6) is 0 Å². The fraction of sp³-hybridized carbons (Fsp3) is 0.308. The molecule has 17 heavy (non-hydrogen) atoms. The lowest BCUT2D eigenvalue weighted by molar-refractivity contribution is -0.150. The third-order valence-corrected chi connectivity index (χ3v) is 3.20. The Labute approximate surface area is 105 Å². The molecule has 4 heteroatoms. The molecular weight excluding hydrogens is 240 g/mol. The van der Waals surface area contributed by atoms with E-state index in [0.717, 1.165) is 5.56 Å². The molecule has 0 aliphatic carbocycles. The molecule has 0 amide bonds. The van der Waals surface area contributed by atoms with Crippen molar-refractivity contribution in [2.75, 3.05) is 0 Å². The first kappa shape index (κ1) is 12.1. The molecule has 1 aliphatic heterocycles. The van der Waals surface area contributed by atoms with Gasteiger partial charge in [-0.2, -0.15) is 0 Å². The van der Waals surface area contributed by atoms with E-state index in [2.05, 4.69) is 0 Å². The molecule has 0 radical (unpaired) electrons. The Morgan fingerprint density at radius 2 is 2.06 bits per heavy atom. The molecule has 0 saturated heterocycles. The number of cyclic esters (lactones) is 1. The van der Waals surface area contributed by atoms with Crippen molar-refractivity contribution in [1.29, 1.82) is 0 Å². The lowest BCUT2D eigenvalue weighted by Crippen LogP contribution is -2.35. The second-order valence-electron chi connectivity index (χ2n) is 3.92. The average Bonchev–Trinajstić information content (AvgIpc) is 2.38. The average molecular weight is 253 g/mol. The van der Waals surface area contributed by atoms with E-state index in [0.29, 0.717) is 6.42 Å². The van der Waals surface area contributed by atoms with E-state index in [4.69, 9.17) is 16.3 Å². The number of halogens is 1. The summed E-state index contributed by atoms with van der Waals surface area (Å²) in [5, 5.41) is 9.49. The van der Waals surface area contributed by atoms with E-state index in [1.807, 2.05) is 30.3 Å². The van der Waals surface area contributed by atoms with E-state index >= 15 is 0 Å². The lowest BCUT2D eigenvalue weighted by Gasteiger charge is -2.27. The number of hydrogen-bond acceptors (Lipinski definition) is 3. The number of ether oxygens (including phenoxy) is 1. The molecule has 0 bridgehead atoms. The van der Waals surface area contributed by atoms with Crippen molar-refractivity contribution < 1.29 is 14.6 Å². The quantitative estimate of drug-likeness (QED) is 0.663. The van der Waals surface area contributed by atoms with E-state index in [1.165, 1.54) is 6.08 Å². The summed E-state index contributed by atoms with van der Waals surface area (Å²) in [5.41, 5.74) is 0.812. The highest BCUT2D eigenvalue weighted by molar-refractivity contribution is 6.21. The molecular formula is C13H13ClO3. The molecule has 0 unspecified atom stereocenters. The molecule has 1 aromatic carbocycles. The van der Waals surface area contributed by atoms with E-state index in [-0.39, 0.29) is 0 Å². The van der Waals surface area contributed by atoms with Crippen LogP contribution in [-0.4, -0.2) is 23.3 Å². The largest absolute Gasteiger partial charge is 0.456 e. The normalized spacial score (nSPS) is 22.9. The maximum atomic E-state index is 11.1. The first-order valence-electron chi connectivity index (χ1n) is 5.42. The number of aliphatic hydroxyl groups is 1. The first-order valence-corrected chi connectivity index (χ1v) is 5.86. The fourth-order valence-corrected chi connectivity index (χ4v) is 2.07. The zero-order valence-electron chi connectivity index (χ0n) is 9.12. The number of benzene rings is 1. The Morgan fingerprint density at radius 1 is 1.35 bits per heavy atom. The topological polar surface area (TPSA) is 46.5 Å². The van der Waals surface area contributed by atoms with Crippen LogP contribution >= 0.6 is 11.6 Å². The Balaban J connectivity index is 2.07. The molecule has 0 aromatic heterocycles. The van der Waals surface area contributed by atoms with E-state index in [9.17, 15) is 9.90 Å². The number of carbonyl (C=O) groups is 1. The molecule has 3 atom stereocenters. The third kappa shape index (κ3) is 2.87. The fourth-order valence-electron chi connectivity index (χ4n) is 1.77. The van der Waals surface area contributed by atoms with Gasteiger partial charge in [-0.25, -0.2) is 4.79 Å². The van der Waals surface area contributed by atoms with Crippen molar-refractivity contribution in [2.24, 2.45) is 0 Å². The molecule has 1 heterocycles. The van der Waals surface area contributed by atoms with Crippen LogP contribution in [0.1, 0.15) is 17.4 Å². The van der Waals surface area contributed by atoms with Gasteiger partial charge in [0, 0.05) is 12.5 Å². The summed E-state index contributed by atoms with van der Waals surface area (Å²) < 4.78 is 5.03. The van der Waals surface area contributed by atoms with Crippen LogP contribution < -0.4 is 0 Å². The molecule has 90 valence electrons. The van der Waals surface area contributed by atoms with Gasteiger partial charge >= 0.3 is 5.97 Å². The standard InChI is InChI=1S/C13H13ClO3/c14-12(9-5-2-1-3-6-9)13(16)10-7-4-8-11(15)17-10/h1-6,8,10,12-13,16H,7H2/t10-,12-,13+/m1/s1. The van der Waals surface area contributed by atoms with Crippen LogP contribution in [0.3, 0.4) is 0 Å². The summed E-state index contributed by atoms with van der Waals surface area (Å²) in [4.78, 5) is 11.1. The highest BCUT2D eigenvalue weighted by Crippen LogP contribution is 2.29. The Morgan fingerprint density at radius 3 is 2.71 bits per heavy atom. The minimum absolute atomic E-state index is 0.433. The van der Waals surface area contributed by atoms with Crippen LogP contribution in [0.2, 0.25) is 0 Å². The number of carbonyl (C=O) groups excluding carboxylic acids is 1. The van der Waals surface area contributed by atoms with E-state index in [1.54, 1.807) is 6.08 Å². The second kappa shape index (κ2) is 5.34. The molecule has 0 spiro atoms. The molecule has 1 N–H and O–H groups in total. The van der Waals surface area contributed by atoms with Gasteiger partial charge in [-0.15, -0.1) is 11.6 Å². The van der Waals surface area contributed by atoms with Gasteiger partial charge in [0.05, 0.1) is 5.38 Å². The van der Waals surface area contributed by atoms with Gasteiger partial charge in [0.25, 0.3) is 0 Å². The zero-order chi connectivity index (χ0) is 12.3. The van der Waals surface area contributed by atoms with Gasteiger partial charge in [0.1, 0.15) is 12.2 Å². The predicted molar refractivity (Wildman–Crippen MR) is 64.7 cm³/mol. The summed E-state index contributed by atoms with van der Waals surface area (Å²) in [5.74, 6) is -0.433. The van der Waals surface area contributed by atoms with Crippen molar-refractivity contribution in [3.8, 4) is 0 Å². The smallest absolute Gasteiger partial charge is 0.330 e. The van der Waals surface area contributed by atoms with Gasteiger partial charge in [0.15, 0.2) is 0 Å². The molecule has 1 aromatic rings. The summed E-state index contributed by atoms with van der Waals surface area (Å²) in [6, 6.07) is 9.25. The van der Waals surface area contributed by atoms with Crippen molar-refractivity contribution in [1.82, 2.24) is 0 Å². The summed E-state index contributed by atoms with van der Waals surface area (Å²) in [6.45, 7) is 0. The molecule has 0 saturated carbocycles.